The van der Waals surface area contributed by atoms with Crippen LogP contribution in [0.5, 0.6) is 0 Å². The van der Waals surface area contributed by atoms with E-state index >= 15 is 0 Å². The zero-order chi connectivity index (χ0) is 18.3. The predicted octanol–water partition coefficient (Wildman–Crippen LogP) is 0.941. The van der Waals surface area contributed by atoms with Gasteiger partial charge in [-0.05, 0) is 18.1 Å². The molecule has 1 amide bonds. The Morgan fingerprint density at radius 2 is 1.88 bits per heavy atom. The van der Waals surface area contributed by atoms with E-state index in [2.05, 4.69) is 4.72 Å². The molecule has 8 nitrogen and oxygen atoms in total. The van der Waals surface area contributed by atoms with Crippen molar-refractivity contribution in [2.24, 2.45) is 0 Å². The molecular formula is C16H25N3O5S. The summed E-state index contributed by atoms with van der Waals surface area (Å²) in [5, 5.41) is 0. The standard InChI is InChI=1S/C16H25N3O5S/c1-3-24-16(20)18-7-9-19(10-8-18)25(21,22)17-12-14-5-4-6-15(11-14)13-23-2/h4-6,11,17H,3,7-10,12-13H2,1-2H3. The lowest BCUT2D eigenvalue weighted by molar-refractivity contribution is 0.0932. The van der Waals surface area contributed by atoms with Crippen LogP contribution in [0.15, 0.2) is 24.3 Å². The lowest BCUT2D eigenvalue weighted by Gasteiger charge is -2.33. The van der Waals surface area contributed by atoms with E-state index in [1.807, 2.05) is 24.3 Å². The molecule has 0 atom stereocenters. The molecule has 140 valence electrons. The first-order chi connectivity index (χ1) is 12.0. The second-order valence-electron chi connectivity index (χ2n) is 5.66. The predicted molar refractivity (Wildman–Crippen MR) is 93.1 cm³/mol. The minimum absolute atomic E-state index is 0.206. The average molecular weight is 371 g/mol. The molecule has 2 rings (SSSR count). The maximum absolute atomic E-state index is 12.4. The highest BCUT2D eigenvalue weighted by atomic mass is 32.2. The zero-order valence-corrected chi connectivity index (χ0v) is 15.4. The number of nitrogens with zero attached hydrogens (tertiary/aromatic N) is 2. The van der Waals surface area contributed by atoms with Crippen molar-refractivity contribution in [2.75, 3.05) is 39.9 Å². The van der Waals surface area contributed by atoms with Gasteiger partial charge in [0.25, 0.3) is 10.2 Å². The first-order valence-corrected chi connectivity index (χ1v) is 9.63. The quantitative estimate of drug-likeness (QED) is 0.771. The maximum atomic E-state index is 12.4. The van der Waals surface area contributed by atoms with Gasteiger partial charge < -0.3 is 14.4 Å². The van der Waals surface area contributed by atoms with Crippen LogP contribution < -0.4 is 4.72 Å². The molecule has 1 fully saturated rings. The molecule has 1 heterocycles. The average Bonchev–Trinajstić information content (AvgIpc) is 2.61. The van der Waals surface area contributed by atoms with Gasteiger partial charge in [-0.15, -0.1) is 0 Å². The second kappa shape index (κ2) is 9.14. The van der Waals surface area contributed by atoms with Gasteiger partial charge in [0.15, 0.2) is 0 Å². The monoisotopic (exact) mass is 371 g/mol. The van der Waals surface area contributed by atoms with Gasteiger partial charge >= 0.3 is 6.09 Å². The van der Waals surface area contributed by atoms with Crippen molar-refractivity contribution in [1.29, 1.82) is 0 Å². The number of hydrogen-bond donors (Lipinski definition) is 1. The lowest BCUT2D eigenvalue weighted by Crippen LogP contribution is -2.53. The summed E-state index contributed by atoms with van der Waals surface area (Å²) in [4.78, 5) is 13.2. The summed E-state index contributed by atoms with van der Waals surface area (Å²) in [6, 6.07) is 7.57. The molecule has 1 aromatic carbocycles. The molecule has 9 heteroatoms. The van der Waals surface area contributed by atoms with Crippen LogP contribution in [0.1, 0.15) is 18.1 Å². The summed E-state index contributed by atoms with van der Waals surface area (Å²) in [6.45, 7) is 3.88. The molecule has 1 N–H and O–H groups in total. The maximum Gasteiger partial charge on any atom is 0.409 e. The molecule has 0 bridgehead atoms. The van der Waals surface area contributed by atoms with Gasteiger partial charge in [0, 0.05) is 39.8 Å². The second-order valence-corrected chi connectivity index (χ2v) is 7.42. The summed E-state index contributed by atoms with van der Waals surface area (Å²) in [5.41, 5.74) is 1.85. The molecule has 1 saturated heterocycles. The fourth-order valence-corrected chi connectivity index (χ4v) is 3.76. The Kier molecular flexibility index (Phi) is 7.18. The molecule has 0 aromatic heterocycles. The van der Waals surface area contributed by atoms with Gasteiger partial charge in [-0.3, -0.25) is 0 Å². The summed E-state index contributed by atoms with van der Waals surface area (Å²) in [6.07, 6.45) is -0.400. The van der Waals surface area contributed by atoms with Gasteiger partial charge in [-0.2, -0.15) is 17.4 Å². The third-order valence-electron chi connectivity index (χ3n) is 3.87. The molecule has 0 aliphatic carbocycles. The number of rotatable bonds is 7. The van der Waals surface area contributed by atoms with Crippen molar-refractivity contribution in [3.63, 3.8) is 0 Å². The third kappa shape index (κ3) is 5.67. The molecule has 0 saturated carbocycles. The smallest absolute Gasteiger partial charge is 0.409 e. The zero-order valence-electron chi connectivity index (χ0n) is 14.6. The van der Waals surface area contributed by atoms with Crippen molar-refractivity contribution in [1.82, 2.24) is 13.9 Å². The highest BCUT2D eigenvalue weighted by Crippen LogP contribution is 2.10. The van der Waals surface area contributed by atoms with E-state index in [0.29, 0.717) is 26.3 Å². The first-order valence-electron chi connectivity index (χ1n) is 8.19. The Bertz CT molecular complexity index is 672. The van der Waals surface area contributed by atoms with Crippen LogP contribution in [0.25, 0.3) is 0 Å². The minimum Gasteiger partial charge on any atom is -0.450 e. The number of nitrogens with one attached hydrogen (secondary N) is 1. The van der Waals surface area contributed by atoms with Crippen LogP contribution in [0.2, 0.25) is 0 Å². The van der Waals surface area contributed by atoms with Gasteiger partial charge in [-0.25, -0.2) is 4.79 Å². The normalized spacial score (nSPS) is 16.0. The van der Waals surface area contributed by atoms with Crippen LogP contribution in [0, 0.1) is 0 Å². The summed E-state index contributed by atoms with van der Waals surface area (Å²) >= 11 is 0. The molecule has 1 aliphatic rings. The van der Waals surface area contributed by atoms with E-state index in [4.69, 9.17) is 9.47 Å². The van der Waals surface area contributed by atoms with Crippen LogP contribution in [0.4, 0.5) is 4.79 Å². The Hall–Kier alpha value is -1.68. The summed E-state index contributed by atoms with van der Waals surface area (Å²) in [5.74, 6) is 0. The Balaban J connectivity index is 1.88. The van der Waals surface area contributed by atoms with Crippen LogP contribution in [-0.2, 0) is 32.8 Å². The topological polar surface area (TPSA) is 88.2 Å². The van der Waals surface area contributed by atoms with Crippen LogP contribution in [-0.4, -0.2) is 63.6 Å². The number of carbonyl (C=O) groups is 1. The van der Waals surface area contributed by atoms with Crippen molar-refractivity contribution < 1.29 is 22.7 Å². The molecule has 0 radical (unpaired) electrons. The van der Waals surface area contributed by atoms with E-state index in [1.165, 1.54) is 9.21 Å². The number of hydrogen-bond acceptors (Lipinski definition) is 5. The van der Waals surface area contributed by atoms with Crippen molar-refractivity contribution in [3.8, 4) is 0 Å². The number of piperazine rings is 1. The molecule has 1 aromatic rings. The number of amides is 1. The minimum atomic E-state index is -3.59. The van der Waals surface area contributed by atoms with Gasteiger partial charge in [0.2, 0.25) is 0 Å². The molecule has 25 heavy (non-hydrogen) atoms. The number of methoxy groups -OCH3 is 1. The third-order valence-corrected chi connectivity index (χ3v) is 5.42. The Labute approximate surface area is 148 Å². The molecular weight excluding hydrogens is 346 g/mol. The summed E-state index contributed by atoms with van der Waals surface area (Å²) in [7, 11) is -1.98. The fraction of sp³-hybridized carbons (Fsp3) is 0.562. The van der Waals surface area contributed by atoms with Gasteiger partial charge in [-0.1, -0.05) is 24.3 Å². The number of ether oxygens (including phenoxy) is 2. The SMILES string of the molecule is CCOC(=O)N1CCN(S(=O)(=O)NCc2cccc(COC)c2)CC1. The van der Waals surface area contributed by atoms with E-state index in [9.17, 15) is 13.2 Å². The van der Waals surface area contributed by atoms with Crippen molar-refractivity contribution in [2.45, 2.75) is 20.1 Å². The van der Waals surface area contributed by atoms with Crippen LogP contribution >= 0.6 is 0 Å². The van der Waals surface area contributed by atoms with E-state index in [1.54, 1.807) is 14.0 Å². The summed E-state index contributed by atoms with van der Waals surface area (Å²) < 4.78 is 38.8. The number of benzene rings is 1. The Morgan fingerprint density at radius 1 is 1.20 bits per heavy atom. The highest BCUT2D eigenvalue weighted by molar-refractivity contribution is 7.87. The first kappa shape index (κ1) is 19.6. The fourth-order valence-electron chi connectivity index (χ4n) is 2.59. The van der Waals surface area contributed by atoms with Crippen molar-refractivity contribution in [3.05, 3.63) is 35.4 Å². The van der Waals surface area contributed by atoms with E-state index < -0.39 is 16.3 Å². The molecule has 0 spiro atoms. The van der Waals surface area contributed by atoms with E-state index in [-0.39, 0.29) is 19.6 Å². The van der Waals surface area contributed by atoms with Crippen molar-refractivity contribution >= 4 is 16.3 Å². The molecule has 0 unspecified atom stereocenters. The number of carbonyl (C=O) groups excluding carboxylic acids is 1. The van der Waals surface area contributed by atoms with Crippen LogP contribution in [0.3, 0.4) is 0 Å². The molecule has 1 aliphatic heterocycles. The Morgan fingerprint density at radius 3 is 2.52 bits per heavy atom. The highest BCUT2D eigenvalue weighted by Gasteiger charge is 2.29. The van der Waals surface area contributed by atoms with Gasteiger partial charge in [0.1, 0.15) is 0 Å². The largest absolute Gasteiger partial charge is 0.450 e. The van der Waals surface area contributed by atoms with Gasteiger partial charge in [0.05, 0.1) is 13.2 Å². The lowest BCUT2D eigenvalue weighted by atomic mass is 10.1. The van der Waals surface area contributed by atoms with E-state index in [0.717, 1.165) is 11.1 Å².